The highest BCUT2D eigenvalue weighted by Gasteiger charge is 2.11. The minimum absolute atomic E-state index is 0.795. The maximum absolute atomic E-state index is 5.78. The number of hydrogen-bond donors (Lipinski definition) is 1. The zero-order chi connectivity index (χ0) is 12.4. The molecule has 1 saturated heterocycles. The summed E-state index contributed by atoms with van der Waals surface area (Å²) in [7, 11) is 0. The third-order valence-electron chi connectivity index (χ3n) is 3.24. The molecule has 4 heteroatoms. The molecule has 0 radical (unpaired) electrons. The predicted molar refractivity (Wildman–Crippen MR) is 80.3 cm³/mol. The molecule has 0 unspecified atom stereocenters. The Labute approximate surface area is 111 Å². The fourth-order valence-electron chi connectivity index (χ4n) is 2.28. The number of nitrogen functional groups attached to an aromatic ring is 1. The number of nitrogens with two attached hydrogens (primary N) is 1. The molecule has 2 aromatic rings. The van der Waals surface area contributed by atoms with E-state index in [1.165, 1.54) is 17.9 Å². The molecule has 0 spiro atoms. The van der Waals surface area contributed by atoms with Crippen molar-refractivity contribution in [2.75, 3.05) is 35.2 Å². The Morgan fingerprint density at radius 2 is 2.06 bits per heavy atom. The van der Waals surface area contributed by atoms with Gasteiger partial charge in [0.05, 0.1) is 5.52 Å². The first-order valence-electron chi connectivity index (χ1n) is 6.32. The van der Waals surface area contributed by atoms with Gasteiger partial charge >= 0.3 is 0 Å². The van der Waals surface area contributed by atoms with Crippen LogP contribution < -0.4 is 10.6 Å². The molecule has 3 nitrogen and oxygen atoms in total. The number of fused-ring (bicyclic) bond motifs is 1. The lowest BCUT2D eigenvalue weighted by atomic mass is 10.2. The quantitative estimate of drug-likeness (QED) is 0.800. The van der Waals surface area contributed by atoms with Crippen LogP contribution in [0.1, 0.15) is 6.42 Å². The van der Waals surface area contributed by atoms with E-state index in [1.54, 1.807) is 0 Å². The number of anilines is 2. The van der Waals surface area contributed by atoms with Crippen LogP contribution in [-0.4, -0.2) is 29.6 Å². The zero-order valence-electron chi connectivity index (χ0n) is 10.3. The molecule has 94 valence electrons. The molecule has 1 aromatic carbocycles. The van der Waals surface area contributed by atoms with E-state index in [0.717, 1.165) is 35.5 Å². The van der Waals surface area contributed by atoms with Gasteiger partial charge in [0.1, 0.15) is 5.82 Å². The molecular weight excluding hydrogens is 242 g/mol. The first-order valence-corrected chi connectivity index (χ1v) is 7.47. The topological polar surface area (TPSA) is 42.1 Å². The van der Waals surface area contributed by atoms with E-state index in [0.29, 0.717) is 0 Å². The van der Waals surface area contributed by atoms with Crippen molar-refractivity contribution in [3.05, 3.63) is 30.3 Å². The van der Waals surface area contributed by atoms with Crippen LogP contribution in [0, 0.1) is 0 Å². The minimum Gasteiger partial charge on any atom is -0.399 e. The lowest BCUT2D eigenvalue weighted by Crippen LogP contribution is -2.26. The van der Waals surface area contributed by atoms with Crippen molar-refractivity contribution in [1.82, 2.24) is 4.98 Å². The van der Waals surface area contributed by atoms with Crippen molar-refractivity contribution in [2.45, 2.75) is 6.42 Å². The molecular formula is C14H17N3S. The second-order valence-electron chi connectivity index (χ2n) is 4.57. The number of aromatic nitrogens is 1. The summed E-state index contributed by atoms with van der Waals surface area (Å²) in [6.07, 6.45) is 1.24. The van der Waals surface area contributed by atoms with E-state index < -0.39 is 0 Å². The van der Waals surface area contributed by atoms with Crippen LogP contribution in [0.25, 0.3) is 10.9 Å². The van der Waals surface area contributed by atoms with Gasteiger partial charge in [-0.05, 0) is 42.5 Å². The van der Waals surface area contributed by atoms with E-state index in [9.17, 15) is 0 Å². The molecule has 3 rings (SSSR count). The molecule has 18 heavy (non-hydrogen) atoms. The van der Waals surface area contributed by atoms with E-state index in [-0.39, 0.29) is 0 Å². The van der Waals surface area contributed by atoms with E-state index in [2.05, 4.69) is 17.0 Å². The zero-order valence-corrected chi connectivity index (χ0v) is 11.1. The van der Waals surface area contributed by atoms with Gasteiger partial charge in [-0.15, -0.1) is 0 Å². The third kappa shape index (κ3) is 2.38. The number of pyridine rings is 1. The standard InChI is InChI=1S/C14H17N3S/c15-12-3-4-13-11(10-12)2-5-14(16-13)17-6-1-8-18-9-7-17/h2-5,10H,1,6-9,15H2. The van der Waals surface area contributed by atoms with Gasteiger partial charge in [-0.25, -0.2) is 4.98 Å². The Bertz CT molecular complexity index is 548. The number of rotatable bonds is 1. The number of thioether (sulfide) groups is 1. The van der Waals surface area contributed by atoms with Gasteiger partial charge in [0, 0.05) is 29.9 Å². The van der Waals surface area contributed by atoms with Crippen LogP contribution in [-0.2, 0) is 0 Å². The molecule has 2 N–H and O–H groups in total. The minimum atomic E-state index is 0.795. The lowest BCUT2D eigenvalue weighted by molar-refractivity contribution is 0.804. The van der Waals surface area contributed by atoms with Gasteiger partial charge in [0.2, 0.25) is 0 Å². The van der Waals surface area contributed by atoms with Crippen molar-refractivity contribution in [1.29, 1.82) is 0 Å². The predicted octanol–water partition coefficient (Wildman–Crippen LogP) is 2.76. The summed E-state index contributed by atoms with van der Waals surface area (Å²) in [5, 5.41) is 1.11. The highest BCUT2D eigenvalue weighted by atomic mass is 32.2. The van der Waals surface area contributed by atoms with Crippen molar-refractivity contribution >= 4 is 34.2 Å². The Morgan fingerprint density at radius 3 is 3.00 bits per heavy atom. The molecule has 0 amide bonds. The first-order chi connectivity index (χ1) is 8.83. The van der Waals surface area contributed by atoms with E-state index >= 15 is 0 Å². The second-order valence-corrected chi connectivity index (χ2v) is 5.80. The Hall–Kier alpha value is -1.42. The van der Waals surface area contributed by atoms with Gasteiger partial charge in [-0.1, -0.05) is 0 Å². The fourth-order valence-corrected chi connectivity index (χ4v) is 3.17. The van der Waals surface area contributed by atoms with Crippen molar-refractivity contribution in [3.8, 4) is 0 Å². The van der Waals surface area contributed by atoms with Crippen LogP contribution in [0.2, 0.25) is 0 Å². The molecule has 0 saturated carbocycles. The van der Waals surface area contributed by atoms with Crippen LogP contribution >= 0.6 is 11.8 Å². The summed E-state index contributed by atoms with van der Waals surface area (Å²) in [5.41, 5.74) is 7.61. The summed E-state index contributed by atoms with van der Waals surface area (Å²) in [6.45, 7) is 2.21. The molecule has 0 aliphatic carbocycles. The van der Waals surface area contributed by atoms with Crippen LogP contribution in [0.5, 0.6) is 0 Å². The Balaban J connectivity index is 1.94. The highest BCUT2D eigenvalue weighted by molar-refractivity contribution is 7.99. The molecule has 2 heterocycles. The summed E-state index contributed by atoms with van der Waals surface area (Å²) in [5.74, 6) is 3.55. The summed E-state index contributed by atoms with van der Waals surface area (Å²) < 4.78 is 0. The van der Waals surface area contributed by atoms with Crippen molar-refractivity contribution in [2.24, 2.45) is 0 Å². The Kier molecular flexibility index (Phi) is 3.28. The van der Waals surface area contributed by atoms with Crippen molar-refractivity contribution in [3.63, 3.8) is 0 Å². The third-order valence-corrected chi connectivity index (χ3v) is 4.29. The molecule has 1 aliphatic rings. The lowest BCUT2D eigenvalue weighted by Gasteiger charge is -2.21. The van der Waals surface area contributed by atoms with E-state index in [1.807, 2.05) is 30.0 Å². The van der Waals surface area contributed by atoms with Gasteiger partial charge in [-0.3, -0.25) is 0 Å². The summed E-state index contributed by atoms with van der Waals surface area (Å²) in [4.78, 5) is 7.13. The molecule has 0 atom stereocenters. The van der Waals surface area contributed by atoms with Gasteiger partial charge in [-0.2, -0.15) is 11.8 Å². The van der Waals surface area contributed by atoms with Gasteiger partial charge in [0.15, 0.2) is 0 Å². The second kappa shape index (κ2) is 5.06. The summed E-state index contributed by atoms with van der Waals surface area (Å²) in [6, 6.07) is 10.1. The molecule has 1 aliphatic heterocycles. The van der Waals surface area contributed by atoms with Crippen LogP contribution in [0.3, 0.4) is 0 Å². The van der Waals surface area contributed by atoms with Gasteiger partial charge < -0.3 is 10.6 Å². The molecule has 1 aromatic heterocycles. The van der Waals surface area contributed by atoms with Crippen LogP contribution in [0.4, 0.5) is 11.5 Å². The molecule has 1 fully saturated rings. The monoisotopic (exact) mass is 259 g/mol. The summed E-state index contributed by atoms with van der Waals surface area (Å²) >= 11 is 2.03. The fraction of sp³-hybridized carbons (Fsp3) is 0.357. The average Bonchev–Trinajstić information content (AvgIpc) is 2.67. The molecule has 0 bridgehead atoms. The van der Waals surface area contributed by atoms with Crippen LogP contribution in [0.15, 0.2) is 30.3 Å². The highest BCUT2D eigenvalue weighted by Crippen LogP contribution is 2.22. The first kappa shape index (κ1) is 11.7. The number of benzene rings is 1. The Morgan fingerprint density at radius 1 is 1.11 bits per heavy atom. The maximum Gasteiger partial charge on any atom is 0.129 e. The average molecular weight is 259 g/mol. The number of hydrogen-bond acceptors (Lipinski definition) is 4. The van der Waals surface area contributed by atoms with E-state index in [4.69, 9.17) is 10.7 Å². The number of nitrogens with zero attached hydrogens (tertiary/aromatic N) is 2. The largest absolute Gasteiger partial charge is 0.399 e. The SMILES string of the molecule is Nc1ccc2nc(N3CCCSCC3)ccc2c1. The smallest absolute Gasteiger partial charge is 0.129 e. The van der Waals surface area contributed by atoms with Crippen molar-refractivity contribution < 1.29 is 0 Å². The van der Waals surface area contributed by atoms with Gasteiger partial charge in [0.25, 0.3) is 0 Å². The maximum atomic E-state index is 5.78. The normalized spacial score (nSPS) is 16.8.